The lowest BCUT2D eigenvalue weighted by Crippen LogP contribution is -2.07. The normalized spacial score (nSPS) is 10.2. The van der Waals surface area contributed by atoms with Crippen LogP contribution in [0.1, 0.15) is 27.2 Å². The summed E-state index contributed by atoms with van der Waals surface area (Å²) in [6, 6.07) is 17.3. The van der Waals surface area contributed by atoms with E-state index in [1.807, 2.05) is 30.3 Å². The number of ether oxygens (including phenoxy) is 2. The van der Waals surface area contributed by atoms with Crippen LogP contribution < -0.4 is 4.74 Å². The van der Waals surface area contributed by atoms with Gasteiger partial charge in [-0.25, -0.2) is 9.78 Å². The van der Waals surface area contributed by atoms with E-state index >= 15 is 0 Å². The maximum absolute atomic E-state index is 12.2. The SMILES string of the molecule is COC(=O)c1cc(OCc2ccccc2)c2cc(C#Cc3cccnc3)cc([N+](=O)[O-])c2n1. The highest BCUT2D eigenvalue weighted by Crippen LogP contribution is 2.33. The molecule has 0 N–H and O–H groups in total. The summed E-state index contributed by atoms with van der Waals surface area (Å²) >= 11 is 0. The average Bonchev–Trinajstić information content (AvgIpc) is 2.86. The summed E-state index contributed by atoms with van der Waals surface area (Å²) in [5, 5.41) is 12.2. The summed E-state index contributed by atoms with van der Waals surface area (Å²) in [5.41, 5.74) is 1.58. The van der Waals surface area contributed by atoms with Gasteiger partial charge in [0.25, 0.3) is 5.69 Å². The van der Waals surface area contributed by atoms with E-state index in [-0.39, 0.29) is 29.3 Å². The predicted octanol–water partition coefficient (Wildman–Crippen LogP) is 4.30. The molecule has 4 rings (SSSR count). The highest BCUT2D eigenvalue weighted by molar-refractivity contribution is 5.98. The smallest absolute Gasteiger partial charge is 0.356 e. The van der Waals surface area contributed by atoms with Crippen molar-refractivity contribution in [3.8, 4) is 17.6 Å². The molecule has 0 saturated carbocycles. The van der Waals surface area contributed by atoms with Gasteiger partial charge in [0.05, 0.1) is 17.4 Å². The fourth-order valence-electron chi connectivity index (χ4n) is 3.14. The predicted molar refractivity (Wildman–Crippen MR) is 121 cm³/mol. The fraction of sp³-hybridized carbons (Fsp3) is 0.0800. The van der Waals surface area contributed by atoms with E-state index < -0.39 is 10.9 Å². The Morgan fingerprint density at radius 1 is 1.06 bits per heavy atom. The number of nitro groups is 1. The van der Waals surface area contributed by atoms with Crippen molar-refractivity contribution in [2.24, 2.45) is 0 Å². The van der Waals surface area contributed by atoms with E-state index in [1.54, 1.807) is 30.6 Å². The molecule has 8 heteroatoms. The average molecular weight is 439 g/mol. The number of nitro benzene ring substituents is 1. The minimum absolute atomic E-state index is 0.0119. The standard InChI is InChI=1S/C25H17N3O5/c1-32-25(29)21-14-23(33-16-18-6-3-2-4-7-18)20-12-19(10-9-17-8-5-11-26-15-17)13-22(28(30)31)24(20)27-21/h2-8,11-15H,16H2,1H3. The molecule has 0 fully saturated rings. The molecule has 2 aromatic heterocycles. The molecule has 0 atom stereocenters. The summed E-state index contributed by atoms with van der Waals surface area (Å²) in [5.74, 6) is 5.40. The highest BCUT2D eigenvalue weighted by atomic mass is 16.6. The van der Waals surface area contributed by atoms with Crippen molar-refractivity contribution in [3.63, 3.8) is 0 Å². The van der Waals surface area contributed by atoms with Crippen LogP contribution in [0.25, 0.3) is 10.9 Å². The Morgan fingerprint density at radius 3 is 2.55 bits per heavy atom. The van der Waals surface area contributed by atoms with Crippen molar-refractivity contribution in [3.05, 3.63) is 106 Å². The van der Waals surface area contributed by atoms with E-state index in [2.05, 4.69) is 21.8 Å². The van der Waals surface area contributed by atoms with Crippen LogP contribution in [-0.2, 0) is 11.3 Å². The van der Waals surface area contributed by atoms with Gasteiger partial charge in [-0.15, -0.1) is 0 Å². The van der Waals surface area contributed by atoms with Gasteiger partial charge in [0, 0.05) is 35.7 Å². The van der Waals surface area contributed by atoms with Crippen LogP contribution in [0, 0.1) is 22.0 Å². The van der Waals surface area contributed by atoms with Crippen LogP contribution in [0.15, 0.2) is 73.1 Å². The summed E-state index contributed by atoms with van der Waals surface area (Å²) < 4.78 is 10.7. The van der Waals surface area contributed by atoms with Crippen LogP contribution in [-0.4, -0.2) is 28.0 Å². The van der Waals surface area contributed by atoms with Crippen molar-refractivity contribution in [2.45, 2.75) is 6.61 Å². The molecule has 0 aliphatic heterocycles. The van der Waals surface area contributed by atoms with Gasteiger partial charge < -0.3 is 9.47 Å². The molecule has 0 aliphatic rings. The largest absolute Gasteiger partial charge is 0.488 e. The van der Waals surface area contributed by atoms with Crippen LogP contribution >= 0.6 is 0 Å². The maximum atomic E-state index is 12.2. The Labute approximate surface area is 189 Å². The third-order valence-electron chi connectivity index (χ3n) is 4.70. The first kappa shape index (κ1) is 21.5. The number of hydrogen-bond acceptors (Lipinski definition) is 7. The van der Waals surface area contributed by atoms with Gasteiger partial charge in [-0.3, -0.25) is 15.1 Å². The molecule has 0 radical (unpaired) electrons. The minimum Gasteiger partial charge on any atom is -0.488 e. The maximum Gasteiger partial charge on any atom is 0.356 e. The van der Waals surface area contributed by atoms with Crippen LogP contribution in [0.4, 0.5) is 5.69 Å². The number of fused-ring (bicyclic) bond motifs is 1. The number of carbonyl (C=O) groups is 1. The second-order valence-corrected chi connectivity index (χ2v) is 6.91. The summed E-state index contributed by atoms with van der Waals surface area (Å²) in [4.78, 5) is 31.6. The number of methoxy groups -OCH3 is 1. The Kier molecular flexibility index (Phi) is 6.23. The summed E-state index contributed by atoms with van der Waals surface area (Å²) in [7, 11) is 1.21. The summed E-state index contributed by atoms with van der Waals surface area (Å²) in [6.45, 7) is 0.194. The van der Waals surface area contributed by atoms with E-state index in [0.717, 1.165) is 5.56 Å². The number of rotatable bonds is 5. The second kappa shape index (κ2) is 9.58. The third-order valence-corrected chi connectivity index (χ3v) is 4.70. The molecule has 0 amide bonds. The minimum atomic E-state index is -0.726. The van der Waals surface area contributed by atoms with E-state index in [9.17, 15) is 14.9 Å². The van der Waals surface area contributed by atoms with Gasteiger partial charge in [0.15, 0.2) is 11.2 Å². The van der Waals surface area contributed by atoms with Gasteiger partial charge in [-0.2, -0.15) is 0 Å². The molecule has 33 heavy (non-hydrogen) atoms. The van der Waals surface area contributed by atoms with Crippen molar-refractivity contribution in [1.29, 1.82) is 0 Å². The number of pyridine rings is 2. The quantitative estimate of drug-likeness (QED) is 0.198. The first-order chi connectivity index (χ1) is 16.0. The number of aromatic nitrogens is 2. The van der Waals surface area contributed by atoms with Gasteiger partial charge in [0.1, 0.15) is 12.4 Å². The molecule has 0 unspecified atom stereocenters. The molecule has 2 aromatic carbocycles. The number of carbonyl (C=O) groups excluding carboxylic acids is 1. The van der Waals surface area contributed by atoms with Crippen LogP contribution in [0.2, 0.25) is 0 Å². The Bertz CT molecular complexity index is 1390. The van der Waals surface area contributed by atoms with E-state index in [1.165, 1.54) is 19.2 Å². The van der Waals surface area contributed by atoms with E-state index in [0.29, 0.717) is 16.5 Å². The molecule has 0 saturated heterocycles. The molecule has 0 spiro atoms. The number of non-ortho nitro benzene ring substituents is 1. The zero-order valence-electron chi connectivity index (χ0n) is 17.5. The number of esters is 1. The zero-order valence-corrected chi connectivity index (χ0v) is 17.5. The molecule has 4 aromatic rings. The molecule has 2 heterocycles. The molecular formula is C25H17N3O5. The van der Waals surface area contributed by atoms with Gasteiger partial charge in [-0.1, -0.05) is 42.2 Å². The van der Waals surface area contributed by atoms with Crippen molar-refractivity contribution in [2.75, 3.05) is 7.11 Å². The number of benzene rings is 2. The first-order valence-electron chi connectivity index (χ1n) is 9.85. The van der Waals surface area contributed by atoms with Gasteiger partial charge in [0.2, 0.25) is 0 Å². The second-order valence-electron chi connectivity index (χ2n) is 6.91. The Balaban J connectivity index is 1.86. The van der Waals surface area contributed by atoms with Gasteiger partial charge in [-0.05, 0) is 23.8 Å². The van der Waals surface area contributed by atoms with Crippen molar-refractivity contribution in [1.82, 2.24) is 9.97 Å². The van der Waals surface area contributed by atoms with Crippen LogP contribution in [0.5, 0.6) is 5.75 Å². The lowest BCUT2D eigenvalue weighted by atomic mass is 10.1. The Morgan fingerprint density at radius 2 is 1.85 bits per heavy atom. The van der Waals surface area contributed by atoms with E-state index in [4.69, 9.17) is 9.47 Å². The molecular weight excluding hydrogens is 422 g/mol. The van der Waals surface area contributed by atoms with Gasteiger partial charge >= 0.3 is 5.97 Å². The molecule has 0 aliphatic carbocycles. The number of nitrogens with zero attached hydrogens (tertiary/aromatic N) is 3. The van der Waals surface area contributed by atoms with Crippen molar-refractivity contribution < 1.29 is 19.2 Å². The number of hydrogen-bond donors (Lipinski definition) is 0. The molecule has 162 valence electrons. The molecule has 0 bridgehead atoms. The van der Waals surface area contributed by atoms with Crippen LogP contribution in [0.3, 0.4) is 0 Å². The lowest BCUT2D eigenvalue weighted by Gasteiger charge is -2.12. The molecule has 8 nitrogen and oxygen atoms in total. The highest BCUT2D eigenvalue weighted by Gasteiger charge is 2.22. The fourth-order valence-corrected chi connectivity index (χ4v) is 3.14. The topological polar surface area (TPSA) is 104 Å². The monoisotopic (exact) mass is 439 g/mol. The lowest BCUT2D eigenvalue weighted by molar-refractivity contribution is -0.383. The van der Waals surface area contributed by atoms with Crippen molar-refractivity contribution >= 4 is 22.6 Å². The first-order valence-corrected chi connectivity index (χ1v) is 9.85. The zero-order chi connectivity index (χ0) is 23.2. The third kappa shape index (κ3) is 4.94. The Hall–Kier alpha value is -4.77. The summed E-state index contributed by atoms with van der Waals surface area (Å²) in [6.07, 6.45) is 3.23.